The molecule has 2 aliphatic rings. The summed E-state index contributed by atoms with van der Waals surface area (Å²) in [6, 6.07) is 0. The average Bonchev–Trinajstić information content (AvgIpc) is 2.79. The first-order valence-electron chi connectivity index (χ1n) is 5.10. The fourth-order valence-electron chi connectivity index (χ4n) is 2.00. The molecular formula is C12H16O. The summed E-state index contributed by atoms with van der Waals surface area (Å²) in [5.41, 5.74) is 2.61. The summed E-state index contributed by atoms with van der Waals surface area (Å²) in [5.74, 6) is 1.55. The Morgan fingerprint density at radius 2 is 2.15 bits per heavy atom. The lowest BCUT2D eigenvalue weighted by Gasteiger charge is -2.20. The average molecular weight is 176 g/mol. The van der Waals surface area contributed by atoms with Gasteiger partial charge in [-0.05, 0) is 48.8 Å². The minimum Gasteiger partial charge on any atom is -0.295 e. The van der Waals surface area contributed by atoms with E-state index in [2.05, 4.69) is 19.9 Å². The van der Waals surface area contributed by atoms with Gasteiger partial charge in [0.2, 0.25) is 0 Å². The van der Waals surface area contributed by atoms with E-state index in [-0.39, 0.29) is 5.78 Å². The Balaban J connectivity index is 2.24. The summed E-state index contributed by atoms with van der Waals surface area (Å²) in [6.45, 7) is 4.21. The minimum atomic E-state index is 0.290. The molecule has 1 saturated carbocycles. The van der Waals surface area contributed by atoms with E-state index in [0.29, 0.717) is 12.3 Å². The van der Waals surface area contributed by atoms with Gasteiger partial charge in [-0.15, -0.1) is 0 Å². The molecule has 1 nitrogen and oxygen atoms in total. The molecule has 2 rings (SSSR count). The van der Waals surface area contributed by atoms with Gasteiger partial charge in [-0.1, -0.05) is 13.0 Å². The third-order valence-corrected chi connectivity index (χ3v) is 2.91. The third-order valence-electron chi connectivity index (χ3n) is 2.91. The predicted octanol–water partition coefficient (Wildman–Crippen LogP) is 2.88. The van der Waals surface area contributed by atoms with Crippen molar-refractivity contribution in [2.45, 2.75) is 33.1 Å². The SMILES string of the molecule is CC1=CC(=O)C[C@H](C)/C1=C/C1CC1. The number of carbonyl (C=O) groups excluding carboxylic acids is 1. The van der Waals surface area contributed by atoms with Crippen LogP contribution in [0, 0.1) is 11.8 Å². The van der Waals surface area contributed by atoms with Crippen LogP contribution in [0.5, 0.6) is 0 Å². The molecule has 0 aromatic heterocycles. The van der Waals surface area contributed by atoms with E-state index in [4.69, 9.17) is 0 Å². The van der Waals surface area contributed by atoms with Gasteiger partial charge in [0.1, 0.15) is 0 Å². The van der Waals surface area contributed by atoms with Gasteiger partial charge in [0.25, 0.3) is 0 Å². The molecule has 1 atom stereocenters. The smallest absolute Gasteiger partial charge is 0.156 e. The fourth-order valence-corrected chi connectivity index (χ4v) is 2.00. The lowest BCUT2D eigenvalue weighted by Crippen LogP contribution is -2.13. The molecule has 0 radical (unpaired) electrons. The number of carbonyl (C=O) groups is 1. The van der Waals surface area contributed by atoms with Crippen molar-refractivity contribution in [3.63, 3.8) is 0 Å². The number of hydrogen-bond acceptors (Lipinski definition) is 1. The van der Waals surface area contributed by atoms with Crippen LogP contribution in [0.25, 0.3) is 0 Å². The molecule has 0 unspecified atom stereocenters. The van der Waals surface area contributed by atoms with Gasteiger partial charge in [-0.2, -0.15) is 0 Å². The summed E-state index contributed by atoms with van der Waals surface area (Å²) in [7, 11) is 0. The Hall–Kier alpha value is -0.850. The number of hydrogen-bond donors (Lipinski definition) is 0. The Bertz CT molecular complexity index is 292. The van der Waals surface area contributed by atoms with Gasteiger partial charge < -0.3 is 0 Å². The number of ketones is 1. The Labute approximate surface area is 79.5 Å². The van der Waals surface area contributed by atoms with E-state index in [1.807, 2.05) is 0 Å². The number of rotatable bonds is 1. The summed E-state index contributed by atoms with van der Waals surface area (Å²) in [4.78, 5) is 11.2. The standard InChI is InChI=1S/C12H16O/c1-8-5-11(13)6-9(2)12(8)7-10-3-4-10/h5,7,9-10H,3-4,6H2,1-2H3/b12-7+/t9-/m0/s1. The van der Waals surface area contributed by atoms with Crippen LogP contribution in [-0.2, 0) is 4.79 Å². The first-order chi connectivity index (χ1) is 6.16. The molecule has 0 aliphatic heterocycles. The van der Waals surface area contributed by atoms with Gasteiger partial charge in [0.15, 0.2) is 5.78 Å². The summed E-state index contributed by atoms with van der Waals surface area (Å²) < 4.78 is 0. The maximum Gasteiger partial charge on any atom is 0.156 e. The van der Waals surface area contributed by atoms with Crippen molar-refractivity contribution in [3.8, 4) is 0 Å². The first-order valence-corrected chi connectivity index (χ1v) is 5.10. The van der Waals surface area contributed by atoms with Crippen molar-refractivity contribution in [2.75, 3.05) is 0 Å². The molecular weight excluding hydrogens is 160 g/mol. The molecule has 0 amide bonds. The van der Waals surface area contributed by atoms with E-state index in [1.165, 1.54) is 24.0 Å². The highest BCUT2D eigenvalue weighted by atomic mass is 16.1. The largest absolute Gasteiger partial charge is 0.295 e. The van der Waals surface area contributed by atoms with Gasteiger partial charge in [-0.3, -0.25) is 4.79 Å². The van der Waals surface area contributed by atoms with E-state index in [0.717, 1.165) is 5.92 Å². The second kappa shape index (κ2) is 3.13. The molecule has 0 bridgehead atoms. The molecule has 0 aromatic rings. The third kappa shape index (κ3) is 1.90. The second-order valence-electron chi connectivity index (χ2n) is 4.36. The molecule has 0 heterocycles. The van der Waals surface area contributed by atoms with Crippen LogP contribution in [0.1, 0.15) is 33.1 Å². The quantitative estimate of drug-likeness (QED) is 0.600. The van der Waals surface area contributed by atoms with Gasteiger partial charge >= 0.3 is 0 Å². The lowest BCUT2D eigenvalue weighted by atomic mass is 9.84. The van der Waals surface area contributed by atoms with Crippen LogP contribution in [0.4, 0.5) is 0 Å². The normalized spacial score (nSPS) is 32.2. The maximum absolute atomic E-state index is 11.2. The van der Waals surface area contributed by atoms with E-state index in [9.17, 15) is 4.79 Å². The summed E-state index contributed by atoms with van der Waals surface area (Å²) in [6.07, 6.45) is 7.57. The maximum atomic E-state index is 11.2. The number of allylic oxidation sites excluding steroid dienone is 4. The molecule has 0 saturated heterocycles. The Morgan fingerprint density at radius 3 is 2.69 bits per heavy atom. The molecule has 13 heavy (non-hydrogen) atoms. The van der Waals surface area contributed by atoms with Gasteiger partial charge in [-0.25, -0.2) is 0 Å². The van der Waals surface area contributed by atoms with E-state index < -0.39 is 0 Å². The molecule has 1 heteroatoms. The molecule has 2 aliphatic carbocycles. The predicted molar refractivity (Wildman–Crippen MR) is 53.4 cm³/mol. The summed E-state index contributed by atoms with van der Waals surface area (Å²) >= 11 is 0. The highest BCUT2D eigenvalue weighted by Gasteiger charge is 2.24. The summed E-state index contributed by atoms with van der Waals surface area (Å²) in [5, 5.41) is 0. The van der Waals surface area contributed by atoms with E-state index >= 15 is 0 Å². The van der Waals surface area contributed by atoms with Crippen LogP contribution in [0.2, 0.25) is 0 Å². The lowest BCUT2D eigenvalue weighted by molar-refractivity contribution is -0.115. The van der Waals surface area contributed by atoms with Crippen molar-refractivity contribution in [2.24, 2.45) is 11.8 Å². The zero-order chi connectivity index (χ0) is 9.42. The van der Waals surface area contributed by atoms with Crippen molar-refractivity contribution in [1.29, 1.82) is 0 Å². The van der Waals surface area contributed by atoms with Gasteiger partial charge in [0.05, 0.1) is 0 Å². The molecule has 0 N–H and O–H groups in total. The molecule has 70 valence electrons. The van der Waals surface area contributed by atoms with Crippen molar-refractivity contribution in [1.82, 2.24) is 0 Å². The zero-order valence-corrected chi connectivity index (χ0v) is 8.34. The molecule has 1 fully saturated rings. The first kappa shape index (κ1) is 8.74. The molecule has 0 spiro atoms. The van der Waals surface area contributed by atoms with Crippen LogP contribution in [-0.4, -0.2) is 5.78 Å². The van der Waals surface area contributed by atoms with Gasteiger partial charge in [0, 0.05) is 6.42 Å². The van der Waals surface area contributed by atoms with Crippen LogP contribution in [0.3, 0.4) is 0 Å². The monoisotopic (exact) mass is 176 g/mol. The zero-order valence-electron chi connectivity index (χ0n) is 8.34. The van der Waals surface area contributed by atoms with Crippen LogP contribution < -0.4 is 0 Å². The van der Waals surface area contributed by atoms with Crippen molar-refractivity contribution < 1.29 is 4.79 Å². The highest BCUT2D eigenvalue weighted by molar-refractivity contribution is 5.93. The molecule has 0 aromatic carbocycles. The van der Waals surface area contributed by atoms with Crippen LogP contribution in [0.15, 0.2) is 23.3 Å². The second-order valence-corrected chi connectivity index (χ2v) is 4.36. The fraction of sp³-hybridized carbons (Fsp3) is 0.583. The van der Waals surface area contributed by atoms with E-state index in [1.54, 1.807) is 6.08 Å². The highest BCUT2D eigenvalue weighted by Crippen LogP contribution is 2.36. The Morgan fingerprint density at radius 1 is 1.46 bits per heavy atom. The van der Waals surface area contributed by atoms with Crippen LogP contribution >= 0.6 is 0 Å². The minimum absolute atomic E-state index is 0.290. The topological polar surface area (TPSA) is 17.1 Å². The van der Waals surface area contributed by atoms with Crippen molar-refractivity contribution in [3.05, 3.63) is 23.3 Å². The van der Waals surface area contributed by atoms with Crippen molar-refractivity contribution >= 4 is 5.78 Å². The Kier molecular flexibility index (Phi) is 2.10.